The number of nitrogens with zero attached hydrogens (tertiary/aromatic N) is 1. The van der Waals surface area contributed by atoms with Crippen LogP contribution in [0.2, 0.25) is 0 Å². The Bertz CT molecular complexity index is 464. The first-order valence-corrected chi connectivity index (χ1v) is 8.27. The lowest BCUT2D eigenvalue weighted by Crippen LogP contribution is -2.43. The van der Waals surface area contributed by atoms with E-state index in [1.54, 1.807) is 0 Å². The van der Waals surface area contributed by atoms with Gasteiger partial charge in [0.05, 0.1) is 5.92 Å². The zero-order valence-corrected chi connectivity index (χ0v) is 13.0. The molecule has 0 aliphatic carbocycles. The Hall–Kier alpha value is -1.00. The molecule has 0 bridgehead atoms. The van der Waals surface area contributed by atoms with E-state index in [2.05, 4.69) is 43.0 Å². The van der Waals surface area contributed by atoms with E-state index in [4.69, 9.17) is 0 Å². The summed E-state index contributed by atoms with van der Waals surface area (Å²) in [7, 11) is 0. The maximum atomic E-state index is 11.2. The molecule has 1 aromatic carbocycles. The summed E-state index contributed by atoms with van der Waals surface area (Å²) >= 11 is 1.85. The van der Waals surface area contributed by atoms with E-state index in [9.17, 15) is 9.90 Å². The van der Waals surface area contributed by atoms with E-state index in [1.807, 2.05) is 11.8 Å². The number of piperidine rings is 1. The maximum absolute atomic E-state index is 11.2. The molecule has 1 fully saturated rings. The van der Waals surface area contributed by atoms with Crippen LogP contribution in [-0.2, 0) is 11.3 Å². The fraction of sp³-hybridized carbons (Fsp3) is 0.562. The third-order valence-electron chi connectivity index (χ3n) is 3.96. The minimum Gasteiger partial charge on any atom is -0.481 e. The molecule has 1 heterocycles. The predicted molar refractivity (Wildman–Crippen MR) is 83.1 cm³/mol. The van der Waals surface area contributed by atoms with Gasteiger partial charge in [0.1, 0.15) is 0 Å². The van der Waals surface area contributed by atoms with Crippen LogP contribution in [0.3, 0.4) is 0 Å². The molecule has 3 nitrogen and oxygen atoms in total. The fourth-order valence-corrected chi connectivity index (χ4v) is 3.48. The van der Waals surface area contributed by atoms with E-state index in [0.29, 0.717) is 12.6 Å². The van der Waals surface area contributed by atoms with Crippen LogP contribution >= 0.6 is 11.8 Å². The Kier molecular flexibility index (Phi) is 5.49. The molecule has 0 amide bonds. The highest BCUT2D eigenvalue weighted by atomic mass is 32.2. The van der Waals surface area contributed by atoms with Gasteiger partial charge in [-0.25, -0.2) is 0 Å². The summed E-state index contributed by atoms with van der Waals surface area (Å²) in [4.78, 5) is 14.8. The number of hydrogen-bond acceptors (Lipinski definition) is 3. The number of hydrogen-bond donors (Lipinski definition) is 1. The summed E-state index contributed by atoms with van der Waals surface area (Å²) in [6.45, 7) is 5.87. The van der Waals surface area contributed by atoms with Crippen LogP contribution in [0.25, 0.3) is 0 Å². The third-order valence-corrected chi connectivity index (χ3v) is 4.83. The van der Waals surface area contributed by atoms with Gasteiger partial charge in [0.15, 0.2) is 0 Å². The molecule has 20 heavy (non-hydrogen) atoms. The standard InChI is InChI=1S/C16H23NO2S/c1-3-20-15-6-4-5-13(9-15)10-17-11-14(16(18)19)8-7-12(17)2/h4-6,9,12,14H,3,7-8,10-11H2,1-2H3,(H,18,19). The summed E-state index contributed by atoms with van der Waals surface area (Å²) < 4.78 is 0. The van der Waals surface area contributed by atoms with Gasteiger partial charge in [-0.1, -0.05) is 19.1 Å². The minimum absolute atomic E-state index is 0.209. The van der Waals surface area contributed by atoms with Gasteiger partial charge in [-0.2, -0.15) is 0 Å². The molecular formula is C16H23NO2S. The van der Waals surface area contributed by atoms with Crippen molar-refractivity contribution in [3.05, 3.63) is 29.8 Å². The number of benzene rings is 1. The van der Waals surface area contributed by atoms with Crippen molar-refractivity contribution >= 4 is 17.7 Å². The Morgan fingerprint density at radius 2 is 2.25 bits per heavy atom. The molecule has 1 saturated heterocycles. The number of aliphatic carboxylic acids is 1. The molecule has 0 aromatic heterocycles. The van der Waals surface area contributed by atoms with E-state index in [-0.39, 0.29) is 5.92 Å². The quantitative estimate of drug-likeness (QED) is 0.844. The van der Waals surface area contributed by atoms with Crippen molar-refractivity contribution in [3.63, 3.8) is 0 Å². The van der Waals surface area contributed by atoms with Crippen molar-refractivity contribution < 1.29 is 9.90 Å². The Labute approximate surface area is 125 Å². The summed E-state index contributed by atoms with van der Waals surface area (Å²) in [5.41, 5.74) is 1.28. The first-order valence-electron chi connectivity index (χ1n) is 7.28. The Balaban J connectivity index is 2.03. The van der Waals surface area contributed by atoms with Crippen LogP contribution < -0.4 is 0 Å². The summed E-state index contributed by atoms with van der Waals surface area (Å²) in [5.74, 6) is 0.210. The van der Waals surface area contributed by atoms with E-state index >= 15 is 0 Å². The van der Waals surface area contributed by atoms with Gasteiger partial charge in [-0.15, -0.1) is 11.8 Å². The van der Waals surface area contributed by atoms with Crippen molar-refractivity contribution in [3.8, 4) is 0 Å². The van der Waals surface area contributed by atoms with Crippen molar-refractivity contribution in [1.29, 1.82) is 0 Å². The molecule has 1 aromatic rings. The van der Waals surface area contributed by atoms with Gasteiger partial charge in [0.2, 0.25) is 0 Å². The van der Waals surface area contributed by atoms with Gasteiger partial charge >= 0.3 is 5.97 Å². The van der Waals surface area contributed by atoms with Gasteiger partial charge in [0.25, 0.3) is 0 Å². The number of rotatable bonds is 5. The second-order valence-corrected chi connectivity index (χ2v) is 6.81. The van der Waals surface area contributed by atoms with Crippen LogP contribution in [0.4, 0.5) is 0 Å². The molecule has 4 heteroatoms. The van der Waals surface area contributed by atoms with Gasteiger partial charge < -0.3 is 5.11 Å². The normalized spacial score (nSPS) is 23.7. The number of carboxylic acid groups (broad SMARTS) is 1. The van der Waals surface area contributed by atoms with E-state index < -0.39 is 5.97 Å². The number of carboxylic acids is 1. The monoisotopic (exact) mass is 293 g/mol. The lowest BCUT2D eigenvalue weighted by molar-refractivity contribution is -0.144. The fourth-order valence-electron chi connectivity index (χ4n) is 2.74. The molecule has 1 aliphatic heterocycles. The first-order chi connectivity index (χ1) is 9.60. The first kappa shape index (κ1) is 15.4. The summed E-state index contributed by atoms with van der Waals surface area (Å²) in [6, 6.07) is 9.06. The van der Waals surface area contributed by atoms with Gasteiger partial charge in [0, 0.05) is 24.0 Å². The largest absolute Gasteiger partial charge is 0.481 e. The molecule has 0 spiro atoms. The van der Waals surface area contributed by atoms with E-state index in [0.717, 1.165) is 25.1 Å². The van der Waals surface area contributed by atoms with Crippen LogP contribution in [0.5, 0.6) is 0 Å². The number of carbonyl (C=O) groups is 1. The van der Waals surface area contributed by atoms with Crippen molar-refractivity contribution in [2.24, 2.45) is 5.92 Å². The Morgan fingerprint density at radius 3 is 2.95 bits per heavy atom. The maximum Gasteiger partial charge on any atom is 0.307 e. The van der Waals surface area contributed by atoms with Crippen LogP contribution in [-0.4, -0.2) is 34.3 Å². The topological polar surface area (TPSA) is 40.5 Å². The SMILES string of the molecule is CCSc1cccc(CN2CC(C(=O)O)CCC2C)c1. The average molecular weight is 293 g/mol. The lowest BCUT2D eigenvalue weighted by atomic mass is 9.93. The highest BCUT2D eigenvalue weighted by molar-refractivity contribution is 7.99. The number of thioether (sulfide) groups is 1. The molecular weight excluding hydrogens is 270 g/mol. The van der Waals surface area contributed by atoms with Crippen LogP contribution in [0, 0.1) is 5.92 Å². The van der Waals surface area contributed by atoms with Gasteiger partial charge in [-0.3, -0.25) is 9.69 Å². The van der Waals surface area contributed by atoms with Crippen molar-refractivity contribution in [1.82, 2.24) is 4.90 Å². The molecule has 2 unspecified atom stereocenters. The molecule has 1 aliphatic rings. The second-order valence-electron chi connectivity index (χ2n) is 5.47. The van der Waals surface area contributed by atoms with Gasteiger partial charge in [-0.05, 0) is 43.2 Å². The zero-order chi connectivity index (χ0) is 14.5. The van der Waals surface area contributed by atoms with Crippen molar-refractivity contribution in [2.45, 2.75) is 44.2 Å². The molecule has 0 radical (unpaired) electrons. The number of likely N-dealkylation sites (tertiary alicyclic amines) is 1. The van der Waals surface area contributed by atoms with Crippen molar-refractivity contribution in [2.75, 3.05) is 12.3 Å². The molecule has 1 N–H and O–H groups in total. The average Bonchev–Trinajstić information content (AvgIpc) is 2.42. The molecule has 2 atom stereocenters. The minimum atomic E-state index is -0.655. The van der Waals surface area contributed by atoms with Crippen LogP contribution in [0.15, 0.2) is 29.2 Å². The molecule has 0 saturated carbocycles. The zero-order valence-electron chi connectivity index (χ0n) is 12.2. The lowest BCUT2D eigenvalue weighted by Gasteiger charge is -2.36. The highest BCUT2D eigenvalue weighted by Crippen LogP contribution is 2.25. The smallest absolute Gasteiger partial charge is 0.307 e. The Morgan fingerprint density at radius 1 is 1.45 bits per heavy atom. The molecule has 110 valence electrons. The van der Waals surface area contributed by atoms with E-state index in [1.165, 1.54) is 10.5 Å². The summed E-state index contributed by atoms with van der Waals surface area (Å²) in [6.07, 6.45) is 1.78. The third kappa shape index (κ3) is 4.00. The molecule has 2 rings (SSSR count). The highest BCUT2D eigenvalue weighted by Gasteiger charge is 2.29. The summed E-state index contributed by atoms with van der Waals surface area (Å²) in [5, 5.41) is 9.19. The van der Waals surface area contributed by atoms with Crippen LogP contribution in [0.1, 0.15) is 32.3 Å². The predicted octanol–water partition coefficient (Wildman–Crippen LogP) is 3.48. The second kappa shape index (κ2) is 7.14.